The monoisotopic (exact) mass is 279 g/mol. The Balaban J connectivity index is 2.18. The van der Waals surface area contributed by atoms with Crippen LogP contribution in [-0.4, -0.2) is 16.1 Å². The van der Waals surface area contributed by atoms with Crippen molar-refractivity contribution >= 4 is 27.5 Å². The third-order valence-electron chi connectivity index (χ3n) is 2.13. The standard InChI is InChI=1S/C11H10BrN3O/c1-7-2-3-10(9(12)4-7)15-11(16)8-5-13-14-6-8/h2-6H,1H3,(H,13,14)(H,15,16). The molecule has 0 radical (unpaired) electrons. The molecular weight excluding hydrogens is 270 g/mol. The molecule has 0 unspecified atom stereocenters. The summed E-state index contributed by atoms with van der Waals surface area (Å²) in [6.07, 6.45) is 3.04. The zero-order chi connectivity index (χ0) is 11.5. The van der Waals surface area contributed by atoms with Gasteiger partial charge in [-0.15, -0.1) is 0 Å². The van der Waals surface area contributed by atoms with Gasteiger partial charge in [0.25, 0.3) is 5.91 Å². The molecule has 16 heavy (non-hydrogen) atoms. The lowest BCUT2D eigenvalue weighted by Crippen LogP contribution is -2.11. The first-order chi connectivity index (χ1) is 7.66. The highest BCUT2D eigenvalue weighted by molar-refractivity contribution is 9.10. The number of anilines is 1. The van der Waals surface area contributed by atoms with Crippen molar-refractivity contribution in [1.29, 1.82) is 0 Å². The molecule has 1 heterocycles. The Morgan fingerprint density at radius 2 is 2.31 bits per heavy atom. The van der Waals surface area contributed by atoms with Crippen molar-refractivity contribution in [3.63, 3.8) is 0 Å². The summed E-state index contributed by atoms with van der Waals surface area (Å²) in [6, 6.07) is 5.75. The number of carbonyl (C=O) groups is 1. The number of nitrogens with one attached hydrogen (secondary N) is 2. The molecule has 0 saturated carbocycles. The van der Waals surface area contributed by atoms with Gasteiger partial charge in [-0.2, -0.15) is 5.10 Å². The molecule has 0 aliphatic rings. The van der Waals surface area contributed by atoms with Gasteiger partial charge in [-0.05, 0) is 40.5 Å². The van der Waals surface area contributed by atoms with Crippen LogP contribution in [0, 0.1) is 6.92 Å². The molecule has 4 nitrogen and oxygen atoms in total. The van der Waals surface area contributed by atoms with Crippen LogP contribution in [0.15, 0.2) is 35.1 Å². The molecular formula is C11H10BrN3O. The molecule has 2 aromatic rings. The normalized spacial score (nSPS) is 10.1. The number of nitrogens with zero attached hydrogens (tertiary/aromatic N) is 1. The van der Waals surface area contributed by atoms with E-state index in [0.717, 1.165) is 15.7 Å². The van der Waals surface area contributed by atoms with Crippen LogP contribution >= 0.6 is 15.9 Å². The second kappa shape index (κ2) is 4.49. The van der Waals surface area contributed by atoms with Crippen LogP contribution in [0.3, 0.4) is 0 Å². The first-order valence-electron chi connectivity index (χ1n) is 4.73. The van der Waals surface area contributed by atoms with Gasteiger partial charge in [0, 0.05) is 10.7 Å². The van der Waals surface area contributed by atoms with E-state index in [1.54, 1.807) is 6.20 Å². The second-order valence-electron chi connectivity index (χ2n) is 3.42. The fourth-order valence-corrected chi connectivity index (χ4v) is 1.88. The number of rotatable bonds is 2. The summed E-state index contributed by atoms with van der Waals surface area (Å²) >= 11 is 3.40. The summed E-state index contributed by atoms with van der Waals surface area (Å²) in [4.78, 5) is 11.7. The lowest BCUT2D eigenvalue weighted by atomic mass is 10.2. The highest BCUT2D eigenvalue weighted by atomic mass is 79.9. The Labute approximate surface area is 101 Å². The summed E-state index contributed by atoms with van der Waals surface area (Å²) in [5.74, 6) is -0.182. The molecule has 82 valence electrons. The summed E-state index contributed by atoms with van der Waals surface area (Å²) in [7, 11) is 0. The van der Waals surface area contributed by atoms with Gasteiger partial charge in [-0.25, -0.2) is 0 Å². The van der Waals surface area contributed by atoms with E-state index < -0.39 is 0 Å². The number of H-pyrrole nitrogens is 1. The first-order valence-corrected chi connectivity index (χ1v) is 5.52. The number of benzene rings is 1. The average molecular weight is 280 g/mol. The van der Waals surface area contributed by atoms with E-state index in [1.165, 1.54) is 6.20 Å². The highest BCUT2D eigenvalue weighted by Crippen LogP contribution is 2.23. The van der Waals surface area contributed by atoms with Crippen molar-refractivity contribution < 1.29 is 4.79 Å². The van der Waals surface area contributed by atoms with Crippen molar-refractivity contribution in [2.45, 2.75) is 6.92 Å². The number of halogens is 1. The fourth-order valence-electron chi connectivity index (χ4n) is 1.29. The second-order valence-corrected chi connectivity index (χ2v) is 4.28. The first kappa shape index (κ1) is 10.9. The van der Waals surface area contributed by atoms with Gasteiger partial charge in [-0.3, -0.25) is 9.89 Å². The summed E-state index contributed by atoms with van der Waals surface area (Å²) in [6.45, 7) is 1.99. The molecule has 2 N–H and O–H groups in total. The SMILES string of the molecule is Cc1ccc(NC(=O)c2cn[nH]c2)c(Br)c1. The highest BCUT2D eigenvalue weighted by Gasteiger charge is 2.08. The Morgan fingerprint density at radius 3 is 2.94 bits per heavy atom. The summed E-state index contributed by atoms with van der Waals surface area (Å²) < 4.78 is 0.865. The Kier molecular flexibility index (Phi) is 3.05. The van der Waals surface area contributed by atoms with Crippen LogP contribution in [0.2, 0.25) is 0 Å². The zero-order valence-corrected chi connectivity index (χ0v) is 10.2. The molecule has 2 rings (SSSR count). The molecule has 0 aliphatic carbocycles. The molecule has 0 fully saturated rings. The maximum Gasteiger partial charge on any atom is 0.258 e. The van der Waals surface area contributed by atoms with Gasteiger partial charge in [0.15, 0.2) is 0 Å². The largest absolute Gasteiger partial charge is 0.321 e. The number of carbonyl (C=O) groups excluding carboxylic acids is 1. The van der Waals surface area contributed by atoms with Gasteiger partial charge >= 0.3 is 0 Å². The van der Waals surface area contributed by atoms with Gasteiger partial charge in [0.1, 0.15) is 0 Å². The predicted molar refractivity (Wildman–Crippen MR) is 65.4 cm³/mol. The van der Waals surface area contributed by atoms with Gasteiger partial charge in [-0.1, -0.05) is 6.07 Å². The molecule has 5 heteroatoms. The van der Waals surface area contributed by atoms with Crippen LogP contribution in [0.25, 0.3) is 0 Å². The van der Waals surface area contributed by atoms with Crippen LogP contribution in [0.4, 0.5) is 5.69 Å². The fraction of sp³-hybridized carbons (Fsp3) is 0.0909. The Bertz CT molecular complexity index is 508. The topological polar surface area (TPSA) is 57.8 Å². The third kappa shape index (κ3) is 2.30. The number of amides is 1. The molecule has 0 aliphatic heterocycles. The van der Waals surface area contributed by atoms with Crippen LogP contribution < -0.4 is 5.32 Å². The average Bonchev–Trinajstić information content (AvgIpc) is 2.75. The minimum Gasteiger partial charge on any atom is -0.321 e. The predicted octanol–water partition coefficient (Wildman–Crippen LogP) is 2.73. The summed E-state index contributed by atoms with van der Waals surface area (Å²) in [5, 5.41) is 9.12. The molecule has 0 saturated heterocycles. The number of hydrogen-bond donors (Lipinski definition) is 2. The van der Waals surface area contributed by atoms with Crippen molar-refractivity contribution in [2.75, 3.05) is 5.32 Å². The van der Waals surface area contributed by atoms with E-state index >= 15 is 0 Å². The number of aromatic nitrogens is 2. The van der Waals surface area contributed by atoms with Gasteiger partial charge < -0.3 is 5.32 Å². The smallest absolute Gasteiger partial charge is 0.258 e. The van der Waals surface area contributed by atoms with Gasteiger partial charge in [0.05, 0.1) is 17.4 Å². The zero-order valence-electron chi connectivity index (χ0n) is 8.62. The lowest BCUT2D eigenvalue weighted by molar-refractivity contribution is 0.102. The summed E-state index contributed by atoms with van der Waals surface area (Å²) in [5.41, 5.74) is 2.39. The van der Waals surface area contributed by atoms with Crippen LogP contribution in [0.5, 0.6) is 0 Å². The number of aromatic amines is 1. The minimum absolute atomic E-state index is 0.182. The number of hydrogen-bond acceptors (Lipinski definition) is 2. The van der Waals surface area contributed by atoms with Crippen LogP contribution in [-0.2, 0) is 0 Å². The quantitative estimate of drug-likeness (QED) is 0.888. The molecule has 1 aromatic heterocycles. The van der Waals surface area contributed by atoms with Crippen molar-refractivity contribution in [1.82, 2.24) is 10.2 Å². The maximum absolute atomic E-state index is 11.7. The van der Waals surface area contributed by atoms with E-state index in [9.17, 15) is 4.79 Å². The van der Waals surface area contributed by atoms with Crippen LogP contribution in [0.1, 0.15) is 15.9 Å². The molecule has 0 spiro atoms. The van der Waals surface area contributed by atoms with Crippen molar-refractivity contribution in [3.05, 3.63) is 46.2 Å². The molecule has 1 amide bonds. The molecule has 0 bridgehead atoms. The van der Waals surface area contributed by atoms with Crippen molar-refractivity contribution in [2.24, 2.45) is 0 Å². The van der Waals surface area contributed by atoms with Crippen molar-refractivity contribution in [3.8, 4) is 0 Å². The number of aryl methyl sites for hydroxylation is 1. The van der Waals surface area contributed by atoms with E-state index in [4.69, 9.17) is 0 Å². The van der Waals surface area contributed by atoms with E-state index in [-0.39, 0.29) is 5.91 Å². The Hall–Kier alpha value is -1.62. The van der Waals surface area contributed by atoms with E-state index in [0.29, 0.717) is 5.56 Å². The van der Waals surface area contributed by atoms with E-state index in [2.05, 4.69) is 31.4 Å². The lowest BCUT2D eigenvalue weighted by Gasteiger charge is -2.06. The minimum atomic E-state index is -0.182. The third-order valence-corrected chi connectivity index (χ3v) is 2.79. The maximum atomic E-state index is 11.7. The van der Waals surface area contributed by atoms with E-state index in [1.807, 2.05) is 25.1 Å². The Morgan fingerprint density at radius 1 is 1.50 bits per heavy atom. The molecule has 0 atom stereocenters. The van der Waals surface area contributed by atoms with Gasteiger partial charge in [0.2, 0.25) is 0 Å². The molecule has 1 aromatic carbocycles.